The molecule has 0 aliphatic carbocycles. The molecule has 0 fully saturated rings. The smallest absolute Gasteiger partial charge is 0.261 e. The fraction of sp³-hybridized carbons (Fsp3) is 0.217. The van der Waals surface area contributed by atoms with Crippen LogP contribution in [0, 0.1) is 0 Å². The van der Waals surface area contributed by atoms with Crippen molar-refractivity contribution in [3.63, 3.8) is 0 Å². The number of benzene rings is 2. The van der Waals surface area contributed by atoms with Crippen molar-refractivity contribution >= 4 is 33.5 Å². The number of anilines is 1. The third-order valence-corrected chi connectivity index (χ3v) is 5.96. The summed E-state index contributed by atoms with van der Waals surface area (Å²) in [5.74, 6) is 1.98. The SMILES string of the molecule is COc1ccc(CNC(=O)c2cc3nc(N(C)C)n(-c4ccccc4)c3s2)cc1OC. The molecule has 2 heterocycles. The molecule has 4 aromatic rings. The molecule has 4 rings (SSSR count). The van der Waals surface area contributed by atoms with Crippen LogP contribution < -0.4 is 19.7 Å². The second-order valence-corrected chi connectivity index (χ2v) is 8.18. The van der Waals surface area contributed by atoms with Gasteiger partial charge in [-0.05, 0) is 35.9 Å². The minimum Gasteiger partial charge on any atom is -0.493 e. The summed E-state index contributed by atoms with van der Waals surface area (Å²) in [7, 11) is 7.11. The van der Waals surface area contributed by atoms with Crippen LogP contribution in [-0.4, -0.2) is 43.8 Å². The van der Waals surface area contributed by atoms with Gasteiger partial charge in [-0.3, -0.25) is 9.36 Å². The van der Waals surface area contributed by atoms with Crippen molar-refractivity contribution in [2.45, 2.75) is 6.54 Å². The molecule has 2 aromatic heterocycles. The summed E-state index contributed by atoms with van der Waals surface area (Å²) in [4.78, 5) is 21.1. The highest BCUT2D eigenvalue weighted by atomic mass is 32.1. The summed E-state index contributed by atoms with van der Waals surface area (Å²) >= 11 is 1.43. The number of nitrogens with one attached hydrogen (secondary N) is 1. The number of carbonyl (C=O) groups is 1. The number of methoxy groups -OCH3 is 2. The van der Waals surface area contributed by atoms with Gasteiger partial charge < -0.3 is 19.7 Å². The van der Waals surface area contributed by atoms with Crippen molar-refractivity contribution in [3.8, 4) is 17.2 Å². The van der Waals surface area contributed by atoms with E-state index in [1.54, 1.807) is 14.2 Å². The molecule has 0 aliphatic heterocycles. The molecule has 0 atom stereocenters. The molecule has 0 bridgehead atoms. The molecule has 2 aromatic carbocycles. The fourth-order valence-corrected chi connectivity index (χ4v) is 4.37. The van der Waals surface area contributed by atoms with Gasteiger partial charge >= 0.3 is 0 Å². The average Bonchev–Trinajstić information content (AvgIpc) is 3.36. The molecule has 1 amide bonds. The van der Waals surface area contributed by atoms with Crippen LogP contribution in [0.1, 0.15) is 15.2 Å². The van der Waals surface area contributed by atoms with E-state index < -0.39 is 0 Å². The molecular weight excluding hydrogens is 412 g/mol. The van der Waals surface area contributed by atoms with Gasteiger partial charge in [0.1, 0.15) is 10.3 Å². The van der Waals surface area contributed by atoms with Crippen molar-refractivity contribution in [1.82, 2.24) is 14.9 Å². The maximum absolute atomic E-state index is 12.8. The second-order valence-electron chi connectivity index (χ2n) is 7.15. The zero-order valence-electron chi connectivity index (χ0n) is 17.9. The number of hydrogen-bond acceptors (Lipinski definition) is 6. The Kier molecular flexibility index (Phi) is 5.81. The highest BCUT2D eigenvalue weighted by Gasteiger charge is 2.19. The Bertz CT molecular complexity index is 1210. The number of carbonyl (C=O) groups excluding carboxylic acids is 1. The van der Waals surface area contributed by atoms with E-state index in [9.17, 15) is 4.79 Å². The molecule has 0 unspecified atom stereocenters. The van der Waals surface area contributed by atoms with Crippen molar-refractivity contribution < 1.29 is 14.3 Å². The summed E-state index contributed by atoms with van der Waals surface area (Å²) in [6.07, 6.45) is 0. The van der Waals surface area contributed by atoms with E-state index in [2.05, 4.69) is 9.88 Å². The lowest BCUT2D eigenvalue weighted by atomic mass is 10.2. The number of fused-ring (bicyclic) bond motifs is 1. The van der Waals surface area contributed by atoms with E-state index >= 15 is 0 Å². The predicted octanol–water partition coefficient (Wildman–Crippen LogP) is 4.10. The van der Waals surface area contributed by atoms with Crippen LogP contribution in [0.25, 0.3) is 16.0 Å². The van der Waals surface area contributed by atoms with Gasteiger partial charge in [0, 0.05) is 26.3 Å². The molecular formula is C23H24N4O3S. The van der Waals surface area contributed by atoms with Crippen molar-refractivity contribution in [2.24, 2.45) is 0 Å². The molecule has 7 nitrogen and oxygen atoms in total. The number of imidazole rings is 1. The first-order valence-corrected chi connectivity index (χ1v) is 10.6. The predicted molar refractivity (Wildman–Crippen MR) is 124 cm³/mol. The first kappa shape index (κ1) is 20.7. The molecule has 160 valence electrons. The maximum atomic E-state index is 12.8. The summed E-state index contributed by atoms with van der Waals surface area (Å²) in [6, 6.07) is 17.5. The number of hydrogen-bond donors (Lipinski definition) is 1. The van der Waals surface area contributed by atoms with E-state index in [-0.39, 0.29) is 5.91 Å². The number of thiophene rings is 1. The molecule has 31 heavy (non-hydrogen) atoms. The lowest BCUT2D eigenvalue weighted by Gasteiger charge is -2.14. The van der Waals surface area contributed by atoms with Gasteiger partial charge in [0.15, 0.2) is 11.5 Å². The van der Waals surface area contributed by atoms with Crippen molar-refractivity contribution in [1.29, 1.82) is 0 Å². The summed E-state index contributed by atoms with van der Waals surface area (Å²) in [5, 5.41) is 2.98. The van der Waals surface area contributed by atoms with Crippen LogP contribution in [0.15, 0.2) is 54.6 Å². The van der Waals surface area contributed by atoms with Crippen LogP contribution in [0.5, 0.6) is 11.5 Å². The third kappa shape index (κ3) is 4.06. The maximum Gasteiger partial charge on any atom is 0.261 e. The molecule has 0 saturated heterocycles. The van der Waals surface area contributed by atoms with E-state index in [0.29, 0.717) is 22.9 Å². The Hall–Kier alpha value is -3.52. The minimum atomic E-state index is -0.135. The fourth-order valence-electron chi connectivity index (χ4n) is 3.34. The Balaban J connectivity index is 1.59. The van der Waals surface area contributed by atoms with Gasteiger partial charge in [0.25, 0.3) is 5.91 Å². The highest BCUT2D eigenvalue weighted by Crippen LogP contribution is 2.33. The molecule has 0 radical (unpaired) electrons. The van der Waals surface area contributed by atoms with E-state index in [4.69, 9.17) is 14.5 Å². The standard InChI is InChI=1S/C23H24N4O3S/c1-26(2)23-25-17-13-20(31-22(17)27(23)16-8-6-5-7-9-16)21(28)24-14-15-10-11-18(29-3)19(12-15)30-4/h5-13H,14H2,1-4H3,(H,24,28). The van der Waals surface area contributed by atoms with Gasteiger partial charge in [-0.15, -0.1) is 11.3 Å². The Morgan fingerprint density at radius 1 is 1.06 bits per heavy atom. The lowest BCUT2D eigenvalue weighted by molar-refractivity contribution is 0.0955. The van der Waals surface area contributed by atoms with Crippen LogP contribution in [0.2, 0.25) is 0 Å². The quantitative estimate of drug-likeness (QED) is 0.472. The third-order valence-electron chi connectivity index (χ3n) is 4.86. The number of aromatic nitrogens is 2. The van der Waals surface area contributed by atoms with E-state index in [1.807, 2.05) is 73.6 Å². The molecule has 8 heteroatoms. The van der Waals surface area contributed by atoms with Gasteiger partial charge in [0.05, 0.1) is 19.1 Å². The van der Waals surface area contributed by atoms with Crippen LogP contribution in [-0.2, 0) is 6.54 Å². The summed E-state index contributed by atoms with van der Waals surface area (Å²) in [6.45, 7) is 0.385. The summed E-state index contributed by atoms with van der Waals surface area (Å²) < 4.78 is 12.7. The molecule has 1 N–H and O–H groups in total. The first-order valence-electron chi connectivity index (χ1n) is 9.76. The minimum absolute atomic E-state index is 0.135. The number of ether oxygens (including phenoxy) is 2. The second kappa shape index (κ2) is 8.69. The van der Waals surface area contributed by atoms with Gasteiger partial charge in [0.2, 0.25) is 5.95 Å². The number of rotatable bonds is 7. The Morgan fingerprint density at radius 2 is 1.81 bits per heavy atom. The van der Waals surface area contributed by atoms with Crippen LogP contribution in [0.3, 0.4) is 0 Å². The largest absolute Gasteiger partial charge is 0.493 e. The van der Waals surface area contributed by atoms with E-state index in [0.717, 1.165) is 27.5 Å². The Labute approximate surface area is 184 Å². The average molecular weight is 437 g/mol. The Morgan fingerprint density at radius 3 is 2.48 bits per heavy atom. The number of para-hydroxylation sites is 1. The van der Waals surface area contributed by atoms with Crippen molar-refractivity contribution in [3.05, 3.63) is 65.0 Å². The highest BCUT2D eigenvalue weighted by molar-refractivity contribution is 7.20. The zero-order valence-corrected chi connectivity index (χ0v) is 18.7. The molecule has 0 spiro atoms. The van der Waals surface area contributed by atoms with Crippen LogP contribution >= 0.6 is 11.3 Å². The first-order chi connectivity index (χ1) is 15.0. The molecule has 0 aliphatic rings. The topological polar surface area (TPSA) is 68.6 Å². The van der Waals surface area contributed by atoms with Gasteiger partial charge in [-0.25, -0.2) is 4.98 Å². The van der Waals surface area contributed by atoms with E-state index in [1.165, 1.54) is 11.3 Å². The van der Waals surface area contributed by atoms with Crippen LogP contribution in [0.4, 0.5) is 5.95 Å². The van der Waals surface area contributed by atoms with Gasteiger partial charge in [-0.1, -0.05) is 24.3 Å². The zero-order chi connectivity index (χ0) is 22.0. The summed E-state index contributed by atoms with van der Waals surface area (Å²) in [5.41, 5.74) is 2.73. The normalized spacial score (nSPS) is 10.8. The van der Waals surface area contributed by atoms with Crippen molar-refractivity contribution in [2.75, 3.05) is 33.2 Å². The van der Waals surface area contributed by atoms with Gasteiger partial charge in [-0.2, -0.15) is 0 Å². The monoisotopic (exact) mass is 436 g/mol. The number of amides is 1. The number of nitrogens with zero attached hydrogens (tertiary/aromatic N) is 3. The molecule has 0 saturated carbocycles. The lowest BCUT2D eigenvalue weighted by Crippen LogP contribution is -2.21.